The van der Waals surface area contributed by atoms with E-state index in [1.807, 2.05) is 30.3 Å². The van der Waals surface area contributed by atoms with Crippen LogP contribution in [0.2, 0.25) is 5.02 Å². The third-order valence-electron chi connectivity index (χ3n) is 2.65. The van der Waals surface area contributed by atoms with Crippen molar-refractivity contribution in [2.45, 2.75) is 0 Å². The van der Waals surface area contributed by atoms with Gasteiger partial charge in [-0.3, -0.25) is 4.79 Å². The quantitative estimate of drug-likeness (QED) is 0.839. The van der Waals surface area contributed by atoms with Gasteiger partial charge in [0.05, 0.1) is 18.2 Å². The number of carbonyl (C=O) groups excluding carboxylic acids is 1. The Morgan fingerprint density at radius 3 is 2.60 bits per heavy atom. The van der Waals surface area contributed by atoms with Gasteiger partial charge in [0.25, 0.3) is 0 Å². The van der Waals surface area contributed by atoms with Crippen LogP contribution in [0.5, 0.6) is 0 Å². The molecule has 0 radical (unpaired) electrons. The maximum atomic E-state index is 12.1. The summed E-state index contributed by atoms with van der Waals surface area (Å²) in [4.78, 5) is 12.1. The average molecular weight is 350 g/mol. The van der Waals surface area contributed by atoms with E-state index in [-0.39, 0.29) is 12.3 Å². The van der Waals surface area contributed by atoms with Crippen molar-refractivity contribution in [3.05, 3.63) is 63.1 Å². The van der Waals surface area contributed by atoms with Gasteiger partial charge >= 0.3 is 0 Å². The second kappa shape index (κ2) is 6.56. The van der Waals surface area contributed by atoms with Crippen LogP contribution in [0.3, 0.4) is 0 Å². The number of carbonyl (C=O) groups is 1. The lowest BCUT2D eigenvalue weighted by Crippen LogP contribution is -2.14. The molecule has 0 aliphatic rings. The molecule has 0 aliphatic heterocycles. The highest BCUT2D eigenvalue weighted by Gasteiger charge is 2.08. The van der Waals surface area contributed by atoms with Gasteiger partial charge < -0.3 is 5.32 Å². The molecule has 2 rings (SSSR count). The number of halogens is 2. The van der Waals surface area contributed by atoms with Gasteiger partial charge in [0.1, 0.15) is 0 Å². The summed E-state index contributed by atoms with van der Waals surface area (Å²) in [6.07, 6.45) is 0. The predicted molar refractivity (Wildman–Crippen MR) is 83.1 cm³/mol. The number of benzene rings is 2. The molecule has 0 amide bonds. The summed E-state index contributed by atoms with van der Waals surface area (Å²) < 4.78 is 0.975. The predicted octanol–water partition coefficient (Wildman–Crippen LogP) is 4.27. The van der Waals surface area contributed by atoms with E-state index in [4.69, 9.17) is 16.9 Å². The third-order valence-corrected chi connectivity index (χ3v) is 3.39. The molecule has 0 saturated heterocycles. The standard InChI is InChI=1S/C15H10BrClN2O/c16-12-1-3-14(4-2-12)19-9-15(20)11-5-10(8-18)6-13(17)7-11/h1-7,19H,9H2. The zero-order chi connectivity index (χ0) is 14.5. The van der Waals surface area contributed by atoms with Gasteiger partial charge in [-0.15, -0.1) is 0 Å². The number of nitrogens with zero attached hydrogens (tertiary/aromatic N) is 1. The van der Waals surface area contributed by atoms with E-state index in [1.54, 1.807) is 6.07 Å². The topological polar surface area (TPSA) is 52.9 Å². The highest BCUT2D eigenvalue weighted by molar-refractivity contribution is 9.10. The molecule has 0 bridgehead atoms. The van der Waals surface area contributed by atoms with Crippen molar-refractivity contribution in [2.24, 2.45) is 0 Å². The summed E-state index contributed by atoms with van der Waals surface area (Å²) in [5.74, 6) is -0.119. The molecule has 1 N–H and O–H groups in total. The molecule has 3 nitrogen and oxygen atoms in total. The van der Waals surface area contributed by atoms with E-state index in [0.29, 0.717) is 16.1 Å². The maximum absolute atomic E-state index is 12.1. The van der Waals surface area contributed by atoms with Gasteiger partial charge in [0.2, 0.25) is 0 Å². The number of anilines is 1. The van der Waals surface area contributed by atoms with Gasteiger partial charge in [0.15, 0.2) is 5.78 Å². The van der Waals surface area contributed by atoms with Gasteiger partial charge in [0, 0.05) is 20.7 Å². The lowest BCUT2D eigenvalue weighted by molar-refractivity contribution is 0.101. The Bertz CT molecular complexity index is 677. The van der Waals surface area contributed by atoms with Gasteiger partial charge in [-0.2, -0.15) is 5.26 Å². The van der Waals surface area contributed by atoms with E-state index in [1.165, 1.54) is 12.1 Å². The van der Waals surface area contributed by atoms with Crippen molar-refractivity contribution in [3.8, 4) is 6.07 Å². The molecule has 0 saturated carbocycles. The summed E-state index contributed by atoms with van der Waals surface area (Å²) in [6, 6.07) is 14.1. The molecule has 0 heterocycles. The summed E-state index contributed by atoms with van der Waals surface area (Å²) >= 11 is 9.22. The van der Waals surface area contributed by atoms with Crippen LogP contribution < -0.4 is 5.32 Å². The fourth-order valence-corrected chi connectivity index (χ4v) is 2.17. The number of nitriles is 1. The first-order valence-corrected chi connectivity index (χ1v) is 6.99. The first kappa shape index (κ1) is 14.6. The Labute approximate surface area is 130 Å². The van der Waals surface area contributed by atoms with E-state index in [9.17, 15) is 4.79 Å². The monoisotopic (exact) mass is 348 g/mol. The van der Waals surface area contributed by atoms with Gasteiger partial charge in [-0.1, -0.05) is 27.5 Å². The number of hydrogen-bond acceptors (Lipinski definition) is 3. The molecule has 0 atom stereocenters. The van der Waals surface area contributed by atoms with Crippen LogP contribution in [0.4, 0.5) is 5.69 Å². The minimum absolute atomic E-state index is 0.119. The van der Waals surface area contributed by atoms with E-state index in [0.717, 1.165) is 10.2 Å². The minimum Gasteiger partial charge on any atom is -0.378 e. The largest absolute Gasteiger partial charge is 0.378 e. The van der Waals surface area contributed by atoms with Crippen molar-refractivity contribution < 1.29 is 4.79 Å². The number of hydrogen-bond donors (Lipinski definition) is 1. The normalized spacial score (nSPS) is 9.85. The van der Waals surface area contributed by atoms with E-state index < -0.39 is 0 Å². The van der Waals surface area contributed by atoms with Crippen LogP contribution in [-0.4, -0.2) is 12.3 Å². The molecule has 2 aromatic carbocycles. The lowest BCUT2D eigenvalue weighted by Gasteiger charge is -2.06. The van der Waals surface area contributed by atoms with Crippen molar-refractivity contribution in [1.82, 2.24) is 0 Å². The molecule has 0 unspecified atom stereocenters. The fourth-order valence-electron chi connectivity index (χ4n) is 1.67. The Morgan fingerprint density at radius 2 is 1.95 bits per heavy atom. The Morgan fingerprint density at radius 1 is 1.25 bits per heavy atom. The molecule has 2 aromatic rings. The van der Waals surface area contributed by atoms with Crippen molar-refractivity contribution in [2.75, 3.05) is 11.9 Å². The van der Waals surface area contributed by atoms with Gasteiger partial charge in [-0.05, 0) is 42.5 Å². The summed E-state index contributed by atoms with van der Waals surface area (Å²) in [6.45, 7) is 0.146. The van der Waals surface area contributed by atoms with Gasteiger partial charge in [-0.25, -0.2) is 0 Å². The molecular weight excluding hydrogens is 340 g/mol. The molecule has 5 heteroatoms. The van der Waals surface area contributed by atoms with Crippen LogP contribution in [0.25, 0.3) is 0 Å². The number of ketones is 1. The second-order valence-corrected chi connectivity index (χ2v) is 5.48. The summed E-state index contributed by atoms with van der Waals surface area (Å²) in [7, 11) is 0. The number of rotatable bonds is 4. The van der Waals surface area contributed by atoms with Crippen molar-refractivity contribution >= 4 is 39.0 Å². The first-order valence-electron chi connectivity index (χ1n) is 5.82. The van der Waals surface area contributed by atoms with Crippen molar-refractivity contribution in [1.29, 1.82) is 5.26 Å². The Balaban J connectivity index is 2.07. The zero-order valence-corrected chi connectivity index (χ0v) is 12.7. The lowest BCUT2D eigenvalue weighted by atomic mass is 10.1. The molecule has 0 spiro atoms. The average Bonchev–Trinajstić information content (AvgIpc) is 2.45. The van der Waals surface area contributed by atoms with Crippen LogP contribution in [-0.2, 0) is 0 Å². The Hall–Kier alpha value is -1.83. The molecule has 20 heavy (non-hydrogen) atoms. The highest BCUT2D eigenvalue weighted by atomic mass is 79.9. The highest BCUT2D eigenvalue weighted by Crippen LogP contribution is 2.17. The van der Waals surface area contributed by atoms with E-state index >= 15 is 0 Å². The van der Waals surface area contributed by atoms with Crippen LogP contribution >= 0.6 is 27.5 Å². The Kier molecular flexibility index (Phi) is 4.78. The maximum Gasteiger partial charge on any atom is 0.181 e. The summed E-state index contributed by atoms with van der Waals surface area (Å²) in [5, 5.41) is 12.3. The fraction of sp³-hybridized carbons (Fsp3) is 0.0667. The molecule has 100 valence electrons. The van der Waals surface area contributed by atoms with Crippen LogP contribution in [0.15, 0.2) is 46.9 Å². The first-order chi connectivity index (χ1) is 9.58. The number of Topliss-reactive ketones (excluding diaryl/α,β-unsaturated/α-hetero) is 1. The molecule has 0 aliphatic carbocycles. The van der Waals surface area contributed by atoms with Crippen LogP contribution in [0, 0.1) is 11.3 Å². The summed E-state index contributed by atoms with van der Waals surface area (Å²) in [5.41, 5.74) is 1.66. The smallest absolute Gasteiger partial charge is 0.181 e. The van der Waals surface area contributed by atoms with E-state index in [2.05, 4.69) is 21.2 Å². The van der Waals surface area contributed by atoms with Crippen LogP contribution in [0.1, 0.15) is 15.9 Å². The SMILES string of the molecule is N#Cc1cc(Cl)cc(C(=O)CNc2ccc(Br)cc2)c1. The molecule has 0 fully saturated rings. The molecule has 0 aromatic heterocycles. The zero-order valence-electron chi connectivity index (χ0n) is 10.4. The molecular formula is C15H10BrClN2O. The number of nitrogens with one attached hydrogen (secondary N) is 1. The second-order valence-electron chi connectivity index (χ2n) is 4.12. The minimum atomic E-state index is -0.119. The third kappa shape index (κ3) is 3.83. The van der Waals surface area contributed by atoms with Crippen molar-refractivity contribution in [3.63, 3.8) is 0 Å².